The van der Waals surface area contributed by atoms with Gasteiger partial charge in [-0.3, -0.25) is 9.69 Å². The molecular weight excluding hydrogens is 276 g/mol. The van der Waals surface area contributed by atoms with Crippen LogP contribution in [-0.4, -0.2) is 55.0 Å². The van der Waals surface area contributed by atoms with Gasteiger partial charge in [0, 0.05) is 31.9 Å². The van der Waals surface area contributed by atoms with Gasteiger partial charge in [0.1, 0.15) is 0 Å². The lowest BCUT2D eigenvalue weighted by atomic mass is 10.2. The molecule has 0 atom stereocenters. The highest BCUT2D eigenvalue weighted by molar-refractivity contribution is 6.33. The van der Waals surface area contributed by atoms with Crippen molar-refractivity contribution < 1.29 is 4.79 Å². The van der Waals surface area contributed by atoms with Crippen molar-refractivity contribution in [2.45, 2.75) is 6.92 Å². The molecule has 1 aliphatic rings. The summed E-state index contributed by atoms with van der Waals surface area (Å²) in [6.07, 6.45) is 0. The molecule has 0 bridgehead atoms. The van der Waals surface area contributed by atoms with Crippen molar-refractivity contribution in [2.75, 3.05) is 50.3 Å². The van der Waals surface area contributed by atoms with Gasteiger partial charge in [-0.25, -0.2) is 0 Å². The highest BCUT2D eigenvalue weighted by Gasteiger charge is 2.17. The molecule has 1 aromatic rings. The first-order valence-electron chi connectivity index (χ1n) is 6.88. The summed E-state index contributed by atoms with van der Waals surface area (Å²) in [5.74, 6) is -0.0170. The van der Waals surface area contributed by atoms with E-state index in [1.807, 2.05) is 0 Å². The minimum Gasteiger partial charge on any atom is -0.397 e. The third kappa shape index (κ3) is 4.10. The predicted octanol–water partition coefficient (Wildman–Crippen LogP) is 1.50. The maximum absolute atomic E-state index is 12.0. The lowest BCUT2D eigenvalue weighted by Crippen LogP contribution is -2.48. The third-order valence-corrected chi connectivity index (χ3v) is 3.90. The zero-order chi connectivity index (χ0) is 14.5. The number of halogens is 1. The summed E-state index contributed by atoms with van der Waals surface area (Å²) in [7, 11) is 0. The molecule has 1 heterocycles. The summed E-state index contributed by atoms with van der Waals surface area (Å²) in [6.45, 7) is 7.57. The maximum Gasteiger partial charge on any atom is 0.238 e. The van der Waals surface area contributed by atoms with E-state index in [1.165, 1.54) is 0 Å². The molecule has 5 nitrogen and oxygen atoms in total. The van der Waals surface area contributed by atoms with Crippen molar-refractivity contribution in [3.05, 3.63) is 23.2 Å². The van der Waals surface area contributed by atoms with Crippen molar-refractivity contribution in [3.8, 4) is 0 Å². The lowest BCUT2D eigenvalue weighted by Gasteiger charge is -2.33. The van der Waals surface area contributed by atoms with Crippen molar-refractivity contribution in [1.82, 2.24) is 9.80 Å². The largest absolute Gasteiger partial charge is 0.397 e. The van der Waals surface area contributed by atoms with Gasteiger partial charge in [0.15, 0.2) is 0 Å². The second kappa shape index (κ2) is 6.92. The van der Waals surface area contributed by atoms with Gasteiger partial charge in [0.2, 0.25) is 5.91 Å². The molecule has 1 aromatic carbocycles. The van der Waals surface area contributed by atoms with Gasteiger partial charge in [-0.15, -0.1) is 0 Å². The van der Waals surface area contributed by atoms with Gasteiger partial charge in [-0.2, -0.15) is 0 Å². The number of rotatable bonds is 4. The molecule has 0 spiro atoms. The molecule has 1 fully saturated rings. The fourth-order valence-electron chi connectivity index (χ4n) is 2.29. The van der Waals surface area contributed by atoms with E-state index in [4.69, 9.17) is 17.3 Å². The molecule has 110 valence electrons. The van der Waals surface area contributed by atoms with Gasteiger partial charge in [0.05, 0.1) is 17.3 Å². The number of carbonyl (C=O) groups is 1. The Morgan fingerprint density at radius 2 is 1.95 bits per heavy atom. The number of nitrogens with two attached hydrogens (primary N) is 1. The number of nitrogens with one attached hydrogen (secondary N) is 1. The number of benzene rings is 1. The highest BCUT2D eigenvalue weighted by Crippen LogP contribution is 2.22. The first-order chi connectivity index (χ1) is 9.58. The molecule has 20 heavy (non-hydrogen) atoms. The Morgan fingerprint density at radius 3 is 2.55 bits per heavy atom. The summed E-state index contributed by atoms with van der Waals surface area (Å²) in [5, 5.41) is 3.35. The normalized spacial score (nSPS) is 17.1. The predicted molar refractivity (Wildman–Crippen MR) is 83.0 cm³/mol. The summed E-state index contributed by atoms with van der Waals surface area (Å²) < 4.78 is 0. The van der Waals surface area contributed by atoms with Crippen molar-refractivity contribution in [2.24, 2.45) is 0 Å². The van der Waals surface area contributed by atoms with Crippen molar-refractivity contribution in [1.29, 1.82) is 0 Å². The number of piperazine rings is 1. The monoisotopic (exact) mass is 296 g/mol. The van der Waals surface area contributed by atoms with E-state index < -0.39 is 0 Å². The number of nitrogen functional groups attached to an aromatic ring is 1. The van der Waals surface area contributed by atoms with Crippen LogP contribution in [0, 0.1) is 0 Å². The Hall–Kier alpha value is -1.30. The van der Waals surface area contributed by atoms with Crippen LogP contribution in [0.5, 0.6) is 0 Å². The van der Waals surface area contributed by atoms with Gasteiger partial charge >= 0.3 is 0 Å². The van der Waals surface area contributed by atoms with Crippen LogP contribution < -0.4 is 11.1 Å². The molecule has 3 N–H and O–H groups in total. The van der Waals surface area contributed by atoms with E-state index >= 15 is 0 Å². The molecule has 0 aromatic heterocycles. The molecule has 1 aliphatic heterocycles. The standard InChI is InChI=1S/C14H21ClN4O/c1-2-18-5-7-19(8-6-18)10-14(20)17-11-3-4-12(15)13(16)9-11/h3-4,9H,2,5-8,10,16H2,1H3,(H,17,20). The van der Waals surface area contributed by atoms with Crippen LogP contribution in [0.15, 0.2) is 18.2 Å². The molecule has 0 saturated carbocycles. The second-order valence-corrected chi connectivity index (χ2v) is 5.40. The number of hydrogen-bond donors (Lipinski definition) is 2. The molecule has 0 aliphatic carbocycles. The van der Waals surface area contributed by atoms with Crippen LogP contribution in [0.2, 0.25) is 5.02 Å². The van der Waals surface area contributed by atoms with Crippen LogP contribution in [0.4, 0.5) is 11.4 Å². The molecule has 1 saturated heterocycles. The fraction of sp³-hybridized carbons (Fsp3) is 0.500. The minimum absolute atomic E-state index is 0.0170. The summed E-state index contributed by atoms with van der Waals surface area (Å²) in [5.41, 5.74) is 6.87. The Balaban J connectivity index is 1.82. The van der Waals surface area contributed by atoms with Gasteiger partial charge in [-0.05, 0) is 24.7 Å². The Bertz CT molecular complexity index is 472. The molecule has 1 amide bonds. The van der Waals surface area contributed by atoms with E-state index in [2.05, 4.69) is 22.0 Å². The van der Waals surface area contributed by atoms with Crippen LogP contribution in [-0.2, 0) is 4.79 Å². The molecule has 6 heteroatoms. The van der Waals surface area contributed by atoms with Gasteiger partial charge < -0.3 is 16.0 Å². The molecular formula is C14H21ClN4O. The van der Waals surface area contributed by atoms with Crippen LogP contribution >= 0.6 is 11.6 Å². The SMILES string of the molecule is CCN1CCN(CC(=O)Nc2ccc(Cl)c(N)c2)CC1. The molecule has 0 radical (unpaired) electrons. The zero-order valence-corrected chi connectivity index (χ0v) is 12.5. The quantitative estimate of drug-likeness (QED) is 0.827. The third-order valence-electron chi connectivity index (χ3n) is 3.56. The Morgan fingerprint density at radius 1 is 1.30 bits per heavy atom. The van der Waals surface area contributed by atoms with E-state index in [0.717, 1.165) is 32.7 Å². The first kappa shape index (κ1) is 15.1. The summed E-state index contributed by atoms with van der Waals surface area (Å²) >= 11 is 5.85. The van der Waals surface area contributed by atoms with Crippen molar-refractivity contribution in [3.63, 3.8) is 0 Å². The fourth-order valence-corrected chi connectivity index (χ4v) is 2.41. The Kier molecular flexibility index (Phi) is 5.23. The van der Waals surface area contributed by atoms with E-state index in [-0.39, 0.29) is 5.91 Å². The number of nitrogens with zero attached hydrogens (tertiary/aromatic N) is 2. The number of likely N-dealkylation sites (N-methyl/N-ethyl adjacent to an activating group) is 1. The average Bonchev–Trinajstić information content (AvgIpc) is 2.44. The number of anilines is 2. The first-order valence-corrected chi connectivity index (χ1v) is 7.26. The van der Waals surface area contributed by atoms with E-state index in [9.17, 15) is 4.79 Å². The van der Waals surface area contributed by atoms with E-state index in [0.29, 0.717) is 22.9 Å². The smallest absolute Gasteiger partial charge is 0.238 e. The topological polar surface area (TPSA) is 61.6 Å². The average molecular weight is 297 g/mol. The number of hydrogen-bond acceptors (Lipinski definition) is 4. The van der Waals surface area contributed by atoms with Crippen LogP contribution in [0.3, 0.4) is 0 Å². The maximum atomic E-state index is 12.0. The summed E-state index contributed by atoms with van der Waals surface area (Å²) in [6, 6.07) is 5.12. The van der Waals surface area contributed by atoms with E-state index in [1.54, 1.807) is 18.2 Å². The highest BCUT2D eigenvalue weighted by atomic mass is 35.5. The zero-order valence-electron chi connectivity index (χ0n) is 11.7. The molecule has 0 unspecified atom stereocenters. The lowest BCUT2D eigenvalue weighted by molar-refractivity contribution is -0.117. The van der Waals surface area contributed by atoms with Crippen LogP contribution in [0.25, 0.3) is 0 Å². The minimum atomic E-state index is -0.0170. The van der Waals surface area contributed by atoms with Crippen LogP contribution in [0.1, 0.15) is 6.92 Å². The van der Waals surface area contributed by atoms with Crippen molar-refractivity contribution >= 4 is 28.9 Å². The molecule has 2 rings (SSSR count). The second-order valence-electron chi connectivity index (χ2n) is 4.99. The number of amides is 1. The summed E-state index contributed by atoms with van der Waals surface area (Å²) in [4.78, 5) is 16.5. The van der Waals surface area contributed by atoms with Gasteiger partial charge in [-0.1, -0.05) is 18.5 Å². The number of carbonyl (C=O) groups excluding carboxylic acids is 1. The van der Waals surface area contributed by atoms with Gasteiger partial charge in [0.25, 0.3) is 0 Å². The Labute approximate surface area is 124 Å².